The quantitative estimate of drug-likeness (QED) is 0.495. The molecule has 0 bridgehead atoms. The number of aryl methyl sites for hydroxylation is 1. The molecule has 0 spiro atoms. The fraction of sp³-hybridized carbons (Fsp3) is 0.429. The van der Waals surface area contributed by atoms with Crippen molar-refractivity contribution in [1.82, 2.24) is 15.0 Å². The summed E-state index contributed by atoms with van der Waals surface area (Å²) < 4.78 is 7.48. The predicted octanol–water partition coefficient (Wildman–Crippen LogP) is 0.557. The Balaban J connectivity index is 1.72. The predicted molar refractivity (Wildman–Crippen MR) is 105 cm³/mol. The molecule has 0 amide bonds. The van der Waals surface area contributed by atoms with Crippen molar-refractivity contribution in [3.05, 3.63) is 59.2 Å². The third-order valence-corrected chi connectivity index (χ3v) is 5.53. The van der Waals surface area contributed by atoms with Gasteiger partial charge in [0.2, 0.25) is 0 Å². The Bertz CT molecular complexity index is 972. The summed E-state index contributed by atoms with van der Waals surface area (Å²) in [6.07, 6.45) is -5.13. The maximum absolute atomic E-state index is 10.5. The van der Waals surface area contributed by atoms with Gasteiger partial charge in [-0.25, -0.2) is 4.68 Å². The molecule has 1 fully saturated rings. The number of benzene rings is 2. The molecule has 1 saturated heterocycles. The summed E-state index contributed by atoms with van der Waals surface area (Å²) in [5.74, 6) is 0. The number of hydrogen-bond acceptors (Lipinski definition) is 7. The highest BCUT2D eigenvalue weighted by Gasteiger charge is 2.44. The van der Waals surface area contributed by atoms with Crippen molar-refractivity contribution >= 4 is 11.0 Å². The molecule has 3 aromatic rings. The van der Waals surface area contributed by atoms with Gasteiger partial charge in [-0.2, -0.15) is 0 Å². The summed E-state index contributed by atoms with van der Waals surface area (Å²) in [7, 11) is 0. The Morgan fingerprint density at radius 1 is 0.966 bits per heavy atom. The normalized spacial score (nSPS) is 27.4. The molecule has 5 atom stereocenters. The van der Waals surface area contributed by atoms with E-state index in [9.17, 15) is 20.4 Å². The first-order valence-corrected chi connectivity index (χ1v) is 9.74. The molecule has 1 aliphatic heterocycles. The number of nitrogens with zero attached hydrogens (tertiary/aromatic N) is 3. The zero-order chi connectivity index (χ0) is 20.5. The first-order chi connectivity index (χ1) is 14.0. The lowest BCUT2D eigenvalue weighted by Crippen LogP contribution is -2.55. The molecular weight excluding hydrogens is 374 g/mol. The number of aliphatic hydroxyl groups is 4. The molecule has 0 radical (unpaired) electrons. The van der Waals surface area contributed by atoms with Crippen molar-refractivity contribution in [2.45, 2.75) is 50.4 Å². The van der Waals surface area contributed by atoms with E-state index < -0.39 is 37.1 Å². The van der Waals surface area contributed by atoms with Crippen LogP contribution in [0.5, 0.6) is 0 Å². The standard InChI is InChI=1S/C21H25N3O5/c1-2-12-6-8-13(9-7-12)10-24-17-14(4-3-5-15(17)22-23-24)21-20(28)19(27)18(26)16(11-25)29-21/h3-9,16,18-21,25-28H,2,10-11H2,1H3/t16-,18-,19+,20-,21?/m1/s1. The number of ether oxygens (including phenoxy) is 1. The van der Waals surface area contributed by atoms with Gasteiger partial charge < -0.3 is 25.2 Å². The van der Waals surface area contributed by atoms with Gasteiger partial charge in [-0.15, -0.1) is 5.10 Å². The molecule has 1 unspecified atom stereocenters. The summed E-state index contributed by atoms with van der Waals surface area (Å²) >= 11 is 0. The van der Waals surface area contributed by atoms with Gasteiger partial charge in [0.25, 0.3) is 0 Å². The molecule has 1 aromatic heterocycles. The molecule has 4 rings (SSSR count). The van der Waals surface area contributed by atoms with E-state index >= 15 is 0 Å². The van der Waals surface area contributed by atoms with Gasteiger partial charge in [-0.3, -0.25) is 0 Å². The van der Waals surface area contributed by atoms with Crippen LogP contribution in [-0.2, 0) is 17.7 Å². The second-order valence-electron chi connectivity index (χ2n) is 7.38. The van der Waals surface area contributed by atoms with Gasteiger partial charge in [0.05, 0.1) is 18.7 Å². The number of hydrogen-bond donors (Lipinski definition) is 4. The summed E-state index contributed by atoms with van der Waals surface area (Å²) in [6.45, 7) is 2.11. The lowest BCUT2D eigenvalue weighted by molar-refractivity contribution is -0.231. The lowest BCUT2D eigenvalue weighted by atomic mass is 9.90. The van der Waals surface area contributed by atoms with E-state index in [0.717, 1.165) is 12.0 Å². The molecule has 2 heterocycles. The van der Waals surface area contributed by atoms with Crippen LogP contribution in [-0.4, -0.2) is 66.4 Å². The molecular formula is C21H25N3O5. The SMILES string of the molecule is CCc1ccc(Cn2nnc3cccc(C4O[C@H](CO)[C@@H](O)[C@H](O)[C@H]4O)c32)cc1. The number of rotatable bonds is 5. The average molecular weight is 399 g/mol. The summed E-state index contributed by atoms with van der Waals surface area (Å²) in [5.41, 5.74) is 4.20. The smallest absolute Gasteiger partial charge is 0.114 e. The van der Waals surface area contributed by atoms with Crippen molar-refractivity contribution in [2.75, 3.05) is 6.61 Å². The van der Waals surface area contributed by atoms with E-state index in [1.807, 2.05) is 18.2 Å². The topological polar surface area (TPSA) is 121 Å². The Morgan fingerprint density at radius 3 is 2.38 bits per heavy atom. The number of para-hydroxylation sites is 1. The van der Waals surface area contributed by atoms with Crippen LogP contribution in [0.4, 0.5) is 0 Å². The molecule has 2 aromatic carbocycles. The third-order valence-electron chi connectivity index (χ3n) is 5.53. The van der Waals surface area contributed by atoms with Crippen LogP contribution in [0.25, 0.3) is 11.0 Å². The second kappa shape index (κ2) is 8.17. The van der Waals surface area contributed by atoms with Crippen LogP contribution in [0.1, 0.15) is 29.7 Å². The Hall–Kier alpha value is -2.36. The Kier molecular flexibility index (Phi) is 5.62. The number of aliphatic hydroxyl groups excluding tert-OH is 4. The summed E-state index contributed by atoms with van der Waals surface area (Å²) in [6, 6.07) is 13.6. The van der Waals surface area contributed by atoms with Gasteiger partial charge in [-0.05, 0) is 23.6 Å². The van der Waals surface area contributed by atoms with Crippen molar-refractivity contribution in [3.8, 4) is 0 Å². The van der Waals surface area contributed by atoms with Gasteiger partial charge in [0.1, 0.15) is 36.0 Å². The molecule has 0 saturated carbocycles. The number of fused-ring (bicyclic) bond motifs is 1. The zero-order valence-electron chi connectivity index (χ0n) is 16.1. The Labute approximate surface area is 168 Å². The lowest BCUT2D eigenvalue weighted by Gasteiger charge is -2.40. The van der Waals surface area contributed by atoms with Crippen LogP contribution >= 0.6 is 0 Å². The van der Waals surface area contributed by atoms with Crippen LogP contribution in [0, 0.1) is 0 Å². The van der Waals surface area contributed by atoms with E-state index in [1.165, 1.54) is 5.56 Å². The van der Waals surface area contributed by atoms with E-state index in [0.29, 0.717) is 23.1 Å². The van der Waals surface area contributed by atoms with Crippen molar-refractivity contribution in [1.29, 1.82) is 0 Å². The van der Waals surface area contributed by atoms with Crippen molar-refractivity contribution in [3.63, 3.8) is 0 Å². The van der Waals surface area contributed by atoms with E-state index in [1.54, 1.807) is 16.8 Å². The van der Waals surface area contributed by atoms with Gasteiger partial charge in [0, 0.05) is 5.56 Å². The average Bonchev–Trinajstić information content (AvgIpc) is 3.16. The minimum atomic E-state index is -1.44. The minimum absolute atomic E-state index is 0.473. The molecule has 8 heteroatoms. The highest BCUT2D eigenvalue weighted by molar-refractivity contribution is 5.78. The monoisotopic (exact) mass is 399 g/mol. The van der Waals surface area contributed by atoms with Gasteiger partial charge in [0.15, 0.2) is 0 Å². The van der Waals surface area contributed by atoms with Crippen LogP contribution < -0.4 is 0 Å². The summed E-state index contributed by atoms with van der Waals surface area (Å²) in [5, 5.41) is 48.7. The second-order valence-corrected chi connectivity index (χ2v) is 7.38. The first-order valence-electron chi connectivity index (χ1n) is 9.74. The van der Waals surface area contributed by atoms with Crippen LogP contribution in [0.3, 0.4) is 0 Å². The van der Waals surface area contributed by atoms with E-state index in [2.05, 4.69) is 29.4 Å². The maximum atomic E-state index is 10.5. The highest BCUT2D eigenvalue weighted by Crippen LogP contribution is 2.35. The highest BCUT2D eigenvalue weighted by atomic mass is 16.5. The van der Waals surface area contributed by atoms with Crippen molar-refractivity contribution in [2.24, 2.45) is 0 Å². The molecule has 1 aliphatic rings. The van der Waals surface area contributed by atoms with E-state index in [4.69, 9.17) is 4.74 Å². The zero-order valence-corrected chi connectivity index (χ0v) is 16.1. The van der Waals surface area contributed by atoms with Crippen LogP contribution in [0.2, 0.25) is 0 Å². The maximum Gasteiger partial charge on any atom is 0.114 e. The largest absolute Gasteiger partial charge is 0.394 e. The molecule has 8 nitrogen and oxygen atoms in total. The molecule has 29 heavy (non-hydrogen) atoms. The first kappa shape index (κ1) is 19.9. The van der Waals surface area contributed by atoms with Crippen LogP contribution in [0.15, 0.2) is 42.5 Å². The molecule has 154 valence electrons. The summed E-state index contributed by atoms with van der Waals surface area (Å²) in [4.78, 5) is 0. The van der Waals surface area contributed by atoms with E-state index in [-0.39, 0.29) is 0 Å². The van der Waals surface area contributed by atoms with Gasteiger partial charge in [-0.1, -0.05) is 48.5 Å². The van der Waals surface area contributed by atoms with Crippen molar-refractivity contribution < 1.29 is 25.2 Å². The van der Waals surface area contributed by atoms with Gasteiger partial charge >= 0.3 is 0 Å². The molecule has 0 aliphatic carbocycles. The Morgan fingerprint density at radius 2 is 1.69 bits per heavy atom. The fourth-order valence-electron chi connectivity index (χ4n) is 3.81. The number of aromatic nitrogens is 3. The third kappa shape index (κ3) is 3.65. The molecule has 4 N–H and O–H groups in total. The minimum Gasteiger partial charge on any atom is -0.394 e. The fourth-order valence-corrected chi connectivity index (χ4v) is 3.81.